The van der Waals surface area contributed by atoms with E-state index in [9.17, 15) is 14.0 Å². The number of anilines is 1. The molecule has 1 saturated heterocycles. The molecule has 2 aromatic heterocycles. The van der Waals surface area contributed by atoms with Crippen molar-refractivity contribution < 1.29 is 9.18 Å². The van der Waals surface area contributed by atoms with E-state index in [1.165, 1.54) is 16.8 Å². The SMILES string of the molecule is CC(C(=O)N1CCN(c2ccc(F)cc2)CC1)n1c2ccccc2c2cnn(C)c(=O)c21. The van der Waals surface area contributed by atoms with Crippen LogP contribution in [0.15, 0.2) is 59.5 Å². The fourth-order valence-electron chi connectivity index (χ4n) is 4.60. The molecule has 0 spiro atoms. The molecule has 0 saturated carbocycles. The molecule has 1 atom stereocenters. The van der Waals surface area contributed by atoms with Crippen LogP contribution in [-0.4, -0.2) is 51.3 Å². The summed E-state index contributed by atoms with van der Waals surface area (Å²) in [6, 6.07) is 13.6. The van der Waals surface area contributed by atoms with Gasteiger partial charge in [-0.1, -0.05) is 18.2 Å². The number of hydrogen-bond acceptors (Lipinski definition) is 4. The summed E-state index contributed by atoms with van der Waals surface area (Å²) in [5.41, 5.74) is 2.07. The Hall–Kier alpha value is -3.68. The molecule has 0 bridgehead atoms. The molecule has 5 rings (SSSR count). The lowest BCUT2D eigenvalue weighted by atomic mass is 10.2. The van der Waals surface area contributed by atoms with Gasteiger partial charge in [0.2, 0.25) is 5.91 Å². The zero-order valence-corrected chi connectivity index (χ0v) is 18.0. The largest absolute Gasteiger partial charge is 0.368 e. The molecule has 1 aliphatic rings. The maximum absolute atomic E-state index is 13.5. The second-order valence-corrected chi connectivity index (χ2v) is 8.19. The van der Waals surface area contributed by atoms with Crippen molar-refractivity contribution in [1.29, 1.82) is 0 Å². The minimum Gasteiger partial charge on any atom is -0.368 e. The van der Waals surface area contributed by atoms with Crippen molar-refractivity contribution in [1.82, 2.24) is 19.2 Å². The van der Waals surface area contributed by atoms with Crippen LogP contribution in [0.4, 0.5) is 10.1 Å². The Morgan fingerprint density at radius 1 is 1.00 bits per heavy atom. The van der Waals surface area contributed by atoms with Crippen molar-refractivity contribution in [2.75, 3.05) is 31.1 Å². The van der Waals surface area contributed by atoms with Crippen molar-refractivity contribution in [3.8, 4) is 0 Å². The van der Waals surface area contributed by atoms with Crippen molar-refractivity contribution in [2.24, 2.45) is 7.05 Å². The summed E-state index contributed by atoms with van der Waals surface area (Å²) < 4.78 is 16.4. The number of piperazine rings is 1. The Bertz CT molecular complexity index is 1370. The number of nitrogens with zero attached hydrogens (tertiary/aromatic N) is 5. The third kappa shape index (κ3) is 3.23. The zero-order chi connectivity index (χ0) is 22.4. The van der Waals surface area contributed by atoms with E-state index >= 15 is 0 Å². The first kappa shape index (κ1) is 20.2. The average molecular weight is 433 g/mol. The van der Waals surface area contributed by atoms with Crippen molar-refractivity contribution in [2.45, 2.75) is 13.0 Å². The summed E-state index contributed by atoms with van der Waals surface area (Å²) >= 11 is 0. The summed E-state index contributed by atoms with van der Waals surface area (Å²) in [5.74, 6) is -0.283. The van der Waals surface area contributed by atoms with E-state index in [-0.39, 0.29) is 17.3 Å². The van der Waals surface area contributed by atoms with E-state index in [2.05, 4.69) is 10.00 Å². The zero-order valence-electron chi connectivity index (χ0n) is 18.0. The van der Waals surface area contributed by atoms with E-state index < -0.39 is 6.04 Å². The molecule has 0 radical (unpaired) electrons. The van der Waals surface area contributed by atoms with Crippen LogP contribution in [0.2, 0.25) is 0 Å². The number of carbonyl (C=O) groups excluding carboxylic acids is 1. The number of fused-ring (bicyclic) bond motifs is 3. The van der Waals surface area contributed by atoms with Crippen LogP contribution in [0.1, 0.15) is 13.0 Å². The number of amides is 1. The first-order valence-corrected chi connectivity index (χ1v) is 10.7. The van der Waals surface area contributed by atoms with E-state index in [1.807, 2.05) is 40.7 Å². The Kier molecular flexibility index (Phi) is 4.92. The van der Waals surface area contributed by atoms with E-state index in [4.69, 9.17) is 0 Å². The van der Waals surface area contributed by atoms with Crippen LogP contribution >= 0.6 is 0 Å². The maximum atomic E-state index is 13.5. The maximum Gasteiger partial charge on any atom is 0.291 e. The smallest absolute Gasteiger partial charge is 0.291 e. The quantitative estimate of drug-likeness (QED) is 0.498. The summed E-state index contributed by atoms with van der Waals surface area (Å²) in [6.07, 6.45) is 1.69. The van der Waals surface area contributed by atoms with Crippen molar-refractivity contribution in [3.05, 3.63) is 70.9 Å². The van der Waals surface area contributed by atoms with Gasteiger partial charge in [-0.15, -0.1) is 0 Å². The molecule has 1 fully saturated rings. The predicted octanol–water partition coefficient (Wildman–Crippen LogP) is 2.94. The van der Waals surface area contributed by atoms with Gasteiger partial charge in [-0.3, -0.25) is 9.59 Å². The first-order chi connectivity index (χ1) is 15.5. The number of carbonyl (C=O) groups is 1. The lowest BCUT2D eigenvalue weighted by Gasteiger charge is -2.37. The summed E-state index contributed by atoms with van der Waals surface area (Å²) in [5, 5.41) is 5.84. The fraction of sp³-hybridized carbons (Fsp3) is 0.292. The van der Waals surface area contributed by atoms with Gasteiger partial charge in [0.15, 0.2) is 0 Å². The van der Waals surface area contributed by atoms with Gasteiger partial charge in [-0.25, -0.2) is 9.07 Å². The number of hydrogen-bond donors (Lipinski definition) is 0. The van der Waals surface area contributed by atoms with Crippen LogP contribution in [0, 0.1) is 5.82 Å². The van der Waals surface area contributed by atoms with Gasteiger partial charge in [0, 0.05) is 49.7 Å². The number of benzene rings is 2. The van der Waals surface area contributed by atoms with Crippen LogP contribution in [0.3, 0.4) is 0 Å². The highest BCUT2D eigenvalue weighted by Gasteiger charge is 2.29. The molecule has 1 amide bonds. The molecule has 0 N–H and O–H groups in total. The molecule has 8 heteroatoms. The van der Waals surface area contributed by atoms with Gasteiger partial charge in [0.1, 0.15) is 17.4 Å². The Morgan fingerprint density at radius 3 is 2.41 bits per heavy atom. The monoisotopic (exact) mass is 433 g/mol. The summed E-state index contributed by atoms with van der Waals surface area (Å²) in [7, 11) is 1.62. The van der Waals surface area contributed by atoms with Gasteiger partial charge in [-0.2, -0.15) is 5.10 Å². The summed E-state index contributed by atoms with van der Waals surface area (Å²) in [4.78, 5) is 30.4. The van der Waals surface area contributed by atoms with E-state index in [0.29, 0.717) is 31.7 Å². The van der Waals surface area contributed by atoms with Crippen LogP contribution < -0.4 is 10.5 Å². The van der Waals surface area contributed by atoms with E-state index in [0.717, 1.165) is 22.0 Å². The van der Waals surface area contributed by atoms with Gasteiger partial charge in [0.05, 0.1) is 11.7 Å². The van der Waals surface area contributed by atoms with Gasteiger partial charge in [0.25, 0.3) is 5.56 Å². The second-order valence-electron chi connectivity index (χ2n) is 8.19. The molecule has 32 heavy (non-hydrogen) atoms. The van der Waals surface area contributed by atoms with Gasteiger partial charge in [-0.05, 0) is 37.3 Å². The van der Waals surface area contributed by atoms with Crippen molar-refractivity contribution in [3.63, 3.8) is 0 Å². The van der Waals surface area contributed by atoms with Crippen LogP contribution in [0.5, 0.6) is 0 Å². The van der Waals surface area contributed by atoms with E-state index in [1.54, 1.807) is 25.4 Å². The number of para-hydroxylation sites is 1. The highest BCUT2D eigenvalue weighted by molar-refractivity contribution is 6.08. The van der Waals surface area contributed by atoms with Crippen LogP contribution in [0.25, 0.3) is 21.8 Å². The normalized spacial score (nSPS) is 15.5. The molecule has 1 unspecified atom stereocenters. The summed E-state index contributed by atoms with van der Waals surface area (Å²) in [6.45, 7) is 4.32. The number of aryl methyl sites for hydroxylation is 1. The van der Waals surface area contributed by atoms with Gasteiger partial charge >= 0.3 is 0 Å². The molecule has 7 nitrogen and oxygen atoms in total. The average Bonchev–Trinajstić information content (AvgIpc) is 3.16. The number of aromatic nitrogens is 3. The molecule has 2 aromatic carbocycles. The fourth-order valence-corrected chi connectivity index (χ4v) is 4.60. The number of rotatable bonds is 3. The van der Waals surface area contributed by atoms with Crippen molar-refractivity contribution >= 4 is 33.4 Å². The number of halogens is 1. The first-order valence-electron chi connectivity index (χ1n) is 10.7. The Balaban J connectivity index is 1.45. The minimum absolute atomic E-state index is 0.0229. The molecular weight excluding hydrogens is 409 g/mol. The van der Waals surface area contributed by atoms with Gasteiger partial charge < -0.3 is 14.4 Å². The molecule has 3 heterocycles. The molecule has 1 aliphatic heterocycles. The Labute approximate surface area is 184 Å². The third-order valence-electron chi connectivity index (χ3n) is 6.33. The second kappa shape index (κ2) is 7.78. The lowest BCUT2D eigenvalue weighted by molar-refractivity contribution is -0.134. The molecule has 164 valence electrons. The Morgan fingerprint density at radius 2 is 1.69 bits per heavy atom. The molecular formula is C24H24FN5O2. The minimum atomic E-state index is -0.537. The third-order valence-corrected chi connectivity index (χ3v) is 6.33. The predicted molar refractivity (Wildman–Crippen MR) is 122 cm³/mol. The molecule has 0 aliphatic carbocycles. The van der Waals surface area contributed by atoms with Crippen LogP contribution in [-0.2, 0) is 11.8 Å². The highest BCUT2D eigenvalue weighted by Crippen LogP contribution is 2.30. The highest BCUT2D eigenvalue weighted by atomic mass is 19.1. The standard InChI is InChI=1S/C24H24FN5O2/c1-16(23(31)29-13-11-28(12-14-29)18-9-7-17(25)8-10-18)30-21-6-4-3-5-19(21)20-15-26-27(2)24(32)22(20)30/h3-10,15-16H,11-14H2,1-2H3. The molecule has 4 aromatic rings. The lowest BCUT2D eigenvalue weighted by Crippen LogP contribution is -2.50. The topological polar surface area (TPSA) is 63.4 Å².